The van der Waals surface area contributed by atoms with Gasteiger partial charge >= 0.3 is 0 Å². The number of ether oxygens (including phenoxy) is 1. The largest absolute Gasteiger partial charge is 0.493 e. The molecule has 1 aromatic heterocycles. The van der Waals surface area contributed by atoms with E-state index in [1.165, 1.54) is 5.56 Å². The fourth-order valence-corrected chi connectivity index (χ4v) is 4.50. The molecule has 1 amide bonds. The van der Waals surface area contributed by atoms with Crippen LogP contribution in [0, 0.1) is 13.8 Å². The van der Waals surface area contributed by atoms with Crippen LogP contribution in [0.1, 0.15) is 30.5 Å². The van der Waals surface area contributed by atoms with E-state index in [9.17, 15) is 4.79 Å². The van der Waals surface area contributed by atoms with Crippen molar-refractivity contribution < 1.29 is 13.9 Å². The molecule has 4 nitrogen and oxygen atoms in total. The van der Waals surface area contributed by atoms with E-state index in [0.29, 0.717) is 28.1 Å². The smallest absolute Gasteiger partial charge is 0.248 e. The van der Waals surface area contributed by atoms with Crippen LogP contribution in [0.25, 0.3) is 27.7 Å². The van der Waals surface area contributed by atoms with Gasteiger partial charge < -0.3 is 14.5 Å². The summed E-state index contributed by atoms with van der Waals surface area (Å²) in [5.74, 6) is 0.411. The molecule has 174 valence electrons. The van der Waals surface area contributed by atoms with E-state index >= 15 is 0 Å². The highest BCUT2D eigenvalue weighted by Gasteiger charge is 2.19. The third kappa shape index (κ3) is 4.98. The molecule has 0 radical (unpaired) electrons. The van der Waals surface area contributed by atoms with Crippen LogP contribution in [-0.2, 0) is 4.79 Å². The zero-order valence-electron chi connectivity index (χ0n) is 19.5. The summed E-state index contributed by atoms with van der Waals surface area (Å²) in [6.45, 7) is 8.34. The number of carbonyl (C=O) groups is 1. The van der Waals surface area contributed by atoms with Gasteiger partial charge in [-0.1, -0.05) is 53.0 Å². The van der Waals surface area contributed by atoms with Crippen molar-refractivity contribution in [2.45, 2.75) is 27.7 Å². The molecule has 4 aromatic rings. The summed E-state index contributed by atoms with van der Waals surface area (Å²) in [7, 11) is 0. The molecule has 1 N–H and O–H groups in total. The van der Waals surface area contributed by atoms with Gasteiger partial charge in [0.2, 0.25) is 5.91 Å². The van der Waals surface area contributed by atoms with E-state index in [2.05, 4.69) is 36.5 Å². The fourth-order valence-electron chi connectivity index (χ4n) is 3.97. The molecular formula is C28H25Cl2NO3. The highest BCUT2D eigenvalue weighted by molar-refractivity contribution is 6.35. The predicted octanol–water partition coefficient (Wildman–Crippen LogP) is 8.46. The number of allylic oxidation sites excluding steroid dienone is 1. The third-order valence-corrected chi connectivity index (χ3v) is 6.03. The highest BCUT2D eigenvalue weighted by atomic mass is 35.5. The van der Waals surface area contributed by atoms with Gasteiger partial charge in [-0.25, -0.2) is 0 Å². The van der Waals surface area contributed by atoms with Gasteiger partial charge in [0.05, 0.1) is 12.9 Å². The van der Waals surface area contributed by atoms with E-state index < -0.39 is 0 Å². The lowest BCUT2D eigenvalue weighted by atomic mass is 9.96. The number of amides is 1. The number of furan rings is 1. The lowest BCUT2D eigenvalue weighted by molar-refractivity contribution is -0.111. The van der Waals surface area contributed by atoms with Gasteiger partial charge in [-0.2, -0.15) is 0 Å². The molecule has 0 aliphatic rings. The summed E-state index contributed by atoms with van der Waals surface area (Å²) in [6, 6.07) is 15.3. The number of benzene rings is 3. The summed E-state index contributed by atoms with van der Waals surface area (Å²) in [5, 5.41) is 4.69. The Balaban J connectivity index is 1.77. The Hall–Kier alpha value is -3.21. The Bertz CT molecular complexity index is 1380. The van der Waals surface area contributed by atoms with Crippen LogP contribution in [0.4, 0.5) is 5.69 Å². The Morgan fingerprint density at radius 2 is 1.74 bits per heavy atom. The summed E-state index contributed by atoms with van der Waals surface area (Å²) in [5.41, 5.74) is 7.04. The molecule has 0 spiro atoms. The molecule has 0 saturated carbocycles. The molecule has 0 bridgehead atoms. The first kappa shape index (κ1) is 23.9. The van der Waals surface area contributed by atoms with Crippen LogP contribution in [0.15, 0.2) is 65.3 Å². The Kier molecular flexibility index (Phi) is 7.01. The van der Waals surface area contributed by atoms with Crippen LogP contribution < -0.4 is 10.1 Å². The monoisotopic (exact) mass is 493 g/mol. The number of aryl methyl sites for hydroxylation is 2. The Morgan fingerprint density at radius 3 is 2.38 bits per heavy atom. The minimum absolute atomic E-state index is 0.290. The molecule has 4 rings (SSSR count). The first-order valence-electron chi connectivity index (χ1n) is 11.0. The molecule has 0 saturated heterocycles. The van der Waals surface area contributed by atoms with Gasteiger partial charge in [-0.3, -0.25) is 4.79 Å². The number of anilines is 1. The van der Waals surface area contributed by atoms with Crippen molar-refractivity contribution in [2.75, 3.05) is 11.9 Å². The number of rotatable bonds is 6. The van der Waals surface area contributed by atoms with Crippen molar-refractivity contribution in [3.63, 3.8) is 0 Å². The van der Waals surface area contributed by atoms with Gasteiger partial charge in [-0.15, -0.1) is 0 Å². The predicted molar refractivity (Wildman–Crippen MR) is 141 cm³/mol. The number of halogens is 2. The van der Waals surface area contributed by atoms with Gasteiger partial charge in [0.25, 0.3) is 0 Å². The summed E-state index contributed by atoms with van der Waals surface area (Å²) in [6.07, 6.45) is 3.32. The normalized spacial score (nSPS) is 11.6. The van der Waals surface area contributed by atoms with E-state index in [-0.39, 0.29) is 5.91 Å². The van der Waals surface area contributed by atoms with Crippen LogP contribution >= 0.6 is 23.2 Å². The molecule has 1 heterocycles. The van der Waals surface area contributed by atoms with Crippen molar-refractivity contribution in [3.8, 4) is 16.9 Å². The molecule has 0 unspecified atom stereocenters. The van der Waals surface area contributed by atoms with Crippen molar-refractivity contribution in [3.05, 3.63) is 87.6 Å². The quantitative estimate of drug-likeness (QED) is 0.274. The number of nitrogens with one attached hydrogen (secondary N) is 1. The second-order valence-corrected chi connectivity index (χ2v) is 9.05. The summed E-state index contributed by atoms with van der Waals surface area (Å²) >= 11 is 12.1. The van der Waals surface area contributed by atoms with E-state index in [1.807, 2.05) is 26.8 Å². The van der Waals surface area contributed by atoms with Crippen LogP contribution in [-0.4, -0.2) is 12.5 Å². The second-order valence-electron chi connectivity index (χ2n) is 8.18. The van der Waals surface area contributed by atoms with Crippen LogP contribution in [0.5, 0.6) is 5.75 Å². The molecule has 6 heteroatoms. The lowest BCUT2D eigenvalue weighted by Gasteiger charge is -2.15. The van der Waals surface area contributed by atoms with E-state index in [0.717, 1.165) is 38.8 Å². The van der Waals surface area contributed by atoms with Crippen LogP contribution in [0.3, 0.4) is 0 Å². The zero-order chi connectivity index (χ0) is 24.4. The minimum Gasteiger partial charge on any atom is -0.493 e. The van der Waals surface area contributed by atoms with Gasteiger partial charge in [0.15, 0.2) is 0 Å². The van der Waals surface area contributed by atoms with Gasteiger partial charge in [-0.05, 0) is 63.1 Å². The average molecular weight is 494 g/mol. The maximum absolute atomic E-state index is 12.8. The third-order valence-electron chi connectivity index (χ3n) is 5.60. The van der Waals surface area contributed by atoms with Crippen LogP contribution in [0.2, 0.25) is 10.0 Å². The van der Waals surface area contributed by atoms with E-state index in [1.54, 1.807) is 30.5 Å². The maximum atomic E-state index is 12.8. The minimum atomic E-state index is -0.290. The van der Waals surface area contributed by atoms with E-state index in [4.69, 9.17) is 32.4 Å². The molecule has 34 heavy (non-hydrogen) atoms. The average Bonchev–Trinajstić information content (AvgIpc) is 3.19. The molecule has 0 fully saturated rings. The molecular weight excluding hydrogens is 469 g/mol. The highest BCUT2D eigenvalue weighted by Crippen LogP contribution is 2.40. The number of hydrogen-bond donors (Lipinski definition) is 1. The second kappa shape index (κ2) is 9.96. The topological polar surface area (TPSA) is 51.5 Å². The fraction of sp³-hybridized carbons (Fsp3) is 0.179. The zero-order valence-corrected chi connectivity index (χ0v) is 21.0. The maximum Gasteiger partial charge on any atom is 0.248 e. The molecule has 0 atom stereocenters. The summed E-state index contributed by atoms with van der Waals surface area (Å²) < 4.78 is 12.0. The van der Waals surface area contributed by atoms with Gasteiger partial charge in [0, 0.05) is 43.9 Å². The van der Waals surface area contributed by atoms with Crippen molar-refractivity contribution in [2.24, 2.45) is 0 Å². The van der Waals surface area contributed by atoms with Crippen molar-refractivity contribution >= 4 is 51.3 Å². The standard InChI is InChI=1S/C28H25Cl2NO3/c1-5-33-27-18(4)28-24(25(15-34-28)19-8-6-16(2)7-9-19)14-23(27)17(3)10-26(32)31-22-12-20(29)11-21(30)13-22/h6-15H,5H2,1-4H3,(H,31,32)/b17-10+. The molecule has 0 aliphatic heterocycles. The lowest BCUT2D eigenvalue weighted by Crippen LogP contribution is -2.09. The van der Waals surface area contributed by atoms with Crippen molar-refractivity contribution in [1.82, 2.24) is 0 Å². The SMILES string of the molecule is CCOc1c(/C(C)=C/C(=O)Nc2cc(Cl)cc(Cl)c2)cc2c(-c3ccc(C)cc3)coc2c1C. The summed E-state index contributed by atoms with van der Waals surface area (Å²) in [4.78, 5) is 12.8. The number of fused-ring (bicyclic) bond motifs is 1. The Labute approximate surface area is 209 Å². The van der Waals surface area contributed by atoms with Crippen molar-refractivity contribution in [1.29, 1.82) is 0 Å². The number of carbonyl (C=O) groups excluding carboxylic acids is 1. The number of hydrogen-bond acceptors (Lipinski definition) is 3. The van der Waals surface area contributed by atoms with Gasteiger partial charge in [0.1, 0.15) is 11.3 Å². The molecule has 3 aromatic carbocycles. The molecule has 0 aliphatic carbocycles. The first-order chi connectivity index (χ1) is 16.3. The first-order valence-corrected chi connectivity index (χ1v) is 11.7. The Morgan fingerprint density at radius 1 is 1.06 bits per heavy atom.